The molecule has 3 aliphatic heterocycles. The Morgan fingerprint density at radius 1 is 0.919 bits per heavy atom. The zero-order chi connectivity index (χ0) is 44.9. The maximum Gasteiger partial charge on any atom is 0.417 e. The van der Waals surface area contributed by atoms with Crippen LogP contribution >= 0.6 is 12.2 Å². The Kier molecular flexibility index (Phi) is 13.7. The van der Waals surface area contributed by atoms with Gasteiger partial charge in [-0.3, -0.25) is 43.9 Å². The standard InChI is InChI=1S/C41H39F4N7O9S/c1-40(2)38(58)50(24-7-6-23(22-46)28(20-24)41(43,44)45)39(62)52(40)25-8-9-26(29(42)21-25)34(54)48-13-15-60-17-19-61-18-16-59-14-12-47-30-5-3-4-27-33(30)37(57)51(36(27)56)31-10-11-32(53)49-35(31)55/h3-9,20-21,31,47H,10-19H2,1-2H3,(H,48,54)(H,49,53,55). The van der Waals surface area contributed by atoms with Crippen LogP contribution in [0.2, 0.25) is 0 Å². The van der Waals surface area contributed by atoms with E-state index in [1.165, 1.54) is 49.1 Å². The lowest BCUT2D eigenvalue weighted by molar-refractivity contribution is -0.138. The van der Waals surface area contributed by atoms with Crippen molar-refractivity contribution in [3.05, 3.63) is 88.2 Å². The first-order valence-electron chi connectivity index (χ1n) is 19.2. The first-order valence-corrected chi connectivity index (χ1v) is 19.6. The molecule has 1 atom stereocenters. The molecule has 0 aromatic heterocycles. The summed E-state index contributed by atoms with van der Waals surface area (Å²) in [6.45, 7) is 4.45. The van der Waals surface area contributed by atoms with E-state index in [1.54, 1.807) is 12.1 Å². The summed E-state index contributed by atoms with van der Waals surface area (Å²) in [6, 6.07) is 11.5. The van der Waals surface area contributed by atoms with Crippen LogP contribution in [0.25, 0.3) is 0 Å². The summed E-state index contributed by atoms with van der Waals surface area (Å²) in [5, 5.41) is 16.7. The van der Waals surface area contributed by atoms with Gasteiger partial charge in [0.05, 0.1) is 79.2 Å². The lowest BCUT2D eigenvalue weighted by Crippen LogP contribution is -2.54. The Balaban J connectivity index is 0.876. The number of rotatable bonds is 17. The molecular weight excluding hydrogens is 843 g/mol. The number of nitrogens with zero attached hydrogens (tertiary/aromatic N) is 4. The minimum Gasteiger partial charge on any atom is -0.382 e. The number of carbonyl (C=O) groups is 6. The molecule has 2 fully saturated rings. The Bertz CT molecular complexity index is 2370. The van der Waals surface area contributed by atoms with Crippen molar-refractivity contribution in [1.29, 1.82) is 5.26 Å². The molecule has 6 rings (SSSR count). The van der Waals surface area contributed by atoms with Crippen molar-refractivity contribution in [2.24, 2.45) is 0 Å². The van der Waals surface area contributed by atoms with Crippen molar-refractivity contribution in [1.82, 2.24) is 15.5 Å². The SMILES string of the molecule is CC1(C)C(=O)N(c2ccc(C#N)c(C(F)(F)F)c2)C(=S)N1c1ccc(C(=O)NCCOCCOCCOCCNc2cccc3c2C(=O)N(C2CCC(=O)NC2=O)C3=O)c(F)c1. The molecule has 3 aromatic rings. The number of imide groups is 2. The Hall–Kier alpha value is -6.34. The first-order chi connectivity index (χ1) is 29.5. The molecule has 3 N–H and O–H groups in total. The summed E-state index contributed by atoms with van der Waals surface area (Å²) in [6.07, 6.45) is -4.80. The van der Waals surface area contributed by atoms with Gasteiger partial charge in [-0.25, -0.2) is 4.39 Å². The quantitative estimate of drug-likeness (QED) is 0.0764. The molecule has 16 nitrogen and oxygen atoms in total. The summed E-state index contributed by atoms with van der Waals surface area (Å²) >= 11 is 5.49. The van der Waals surface area contributed by atoms with Crippen LogP contribution in [0.15, 0.2) is 54.6 Å². The van der Waals surface area contributed by atoms with E-state index in [0.29, 0.717) is 18.3 Å². The van der Waals surface area contributed by atoms with Gasteiger partial charge < -0.3 is 29.7 Å². The highest BCUT2D eigenvalue weighted by molar-refractivity contribution is 7.81. The van der Waals surface area contributed by atoms with Gasteiger partial charge in [-0.15, -0.1) is 0 Å². The molecule has 0 saturated carbocycles. The zero-order valence-corrected chi connectivity index (χ0v) is 34.0. The van der Waals surface area contributed by atoms with Gasteiger partial charge in [0.15, 0.2) is 5.11 Å². The fourth-order valence-electron chi connectivity index (χ4n) is 7.08. The molecule has 3 heterocycles. The number of nitrogens with one attached hydrogen (secondary N) is 3. The van der Waals surface area contributed by atoms with Crippen LogP contribution in [0.1, 0.15) is 68.9 Å². The normalized spacial score (nSPS) is 17.4. The second-order valence-corrected chi connectivity index (χ2v) is 14.9. The van der Waals surface area contributed by atoms with E-state index in [9.17, 15) is 41.9 Å². The molecule has 0 spiro atoms. The number of alkyl halides is 3. The van der Waals surface area contributed by atoms with Gasteiger partial charge in [-0.05, 0) is 81.0 Å². The fraction of sp³-hybridized carbons (Fsp3) is 0.366. The number of amides is 6. The Morgan fingerprint density at radius 3 is 2.23 bits per heavy atom. The largest absolute Gasteiger partial charge is 0.417 e. The van der Waals surface area contributed by atoms with Crippen molar-refractivity contribution in [2.75, 3.05) is 67.8 Å². The van der Waals surface area contributed by atoms with Crippen LogP contribution in [0.5, 0.6) is 0 Å². The Morgan fingerprint density at radius 2 is 1.58 bits per heavy atom. The number of fused-ring (bicyclic) bond motifs is 1. The van der Waals surface area contributed by atoms with Gasteiger partial charge >= 0.3 is 6.18 Å². The van der Waals surface area contributed by atoms with Gasteiger partial charge in [0.1, 0.15) is 17.4 Å². The highest BCUT2D eigenvalue weighted by Gasteiger charge is 2.51. The minimum atomic E-state index is -4.88. The number of ether oxygens (including phenoxy) is 3. The number of piperidine rings is 1. The molecule has 2 saturated heterocycles. The second kappa shape index (κ2) is 18.7. The predicted octanol–water partition coefficient (Wildman–Crippen LogP) is 3.93. The van der Waals surface area contributed by atoms with E-state index in [-0.39, 0.29) is 92.2 Å². The van der Waals surface area contributed by atoms with Gasteiger partial charge in [0.25, 0.3) is 23.6 Å². The van der Waals surface area contributed by atoms with E-state index < -0.39 is 70.1 Å². The lowest BCUT2D eigenvalue weighted by Gasteiger charge is -2.29. The van der Waals surface area contributed by atoms with Gasteiger partial charge in [0, 0.05) is 30.9 Å². The molecule has 6 amide bonds. The lowest BCUT2D eigenvalue weighted by atomic mass is 10.0. The van der Waals surface area contributed by atoms with Crippen LogP contribution in [0.4, 0.5) is 34.6 Å². The zero-order valence-electron chi connectivity index (χ0n) is 33.2. The maximum atomic E-state index is 15.3. The van der Waals surface area contributed by atoms with E-state index in [4.69, 9.17) is 31.7 Å². The molecule has 1 unspecified atom stereocenters. The average Bonchev–Trinajstić information content (AvgIpc) is 3.58. The molecule has 3 aromatic carbocycles. The van der Waals surface area contributed by atoms with Crippen LogP contribution < -0.4 is 25.8 Å². The number of hydrogen-bond donors (Lipinski definition) is 3. The average molecular weight is 882 g/mol. The molecule has 21 heteroatoms. The maximum absolute atomic E-state index is 15.3. The summed E-state index contributed by atoms with van der Waals surface area (Å²) in [5.41, 5.74) is -3.08. The van der Waals surface area contributed by atoms with E-state index >= 15 is 4.39 Å². The van der Waals surface area contributed by atoms with E-state index in [2.05, 4.69) is 16.0 Å². The third-order valence-electron chi connectivity index (χ3n) is 10.1. The van der Waals surface area contributed by atoms with Crippen molar-refractivity contribution in [3.63, 3.8) is 0 Å². The smallest absolute Gasteiger partial charge is 0.382 e. The third kappa shape index (κ3) is 9.28. The number of benzene rings is 3. The van der Waals surface area contributed by atoms with Gasteiger partial charge in [-0.1, -0.05) is 6.07 Å². The summed E-state index contributed by atoms with van der Waals surface area (Å²) < 4.78 is 72.8. The summed E-state index contributed by atoms with van der Waals surface area (Å²) in [7, 11) is 0. The van der Waals surface area contributed by atoms with Crippen LogP contribution in [0.3, 0.4) is 0 Å². The van der Waals surface area contributed by atoms with Gasteiger partial charge in [0.2, 0.25) is 11.8 Å². The highest BCUT2D eigenvalue weighted by Crippen LogP contribution is 2.40. The number of hydrogen-bond acceptors (Lipinski definition) is 12. The van der Waals surface area contributed by atoms with Crippen molar-refractivity contribution >= 4 is 69.8 Å². The van der Waals surface area contributed by atoms with Crippen LogP contribution in [-0.4, -0.2) is 110 Å². The topological polar surface area (TPSA) is 200 Å². The Labute approximate surface area is 357 Å². The highest BCUT2D eigenvalue weighted by atomic mass is 32.1. The fourth-order valence-corrected chi connectivity index (χ4v) is 7.60. The van der Waals surface area contributed by atoms with E-state index in [1.807, 2.05) is 0 Å². The minimum absolute atomic E-state index is 0.0205. The molecule has 62 heavy (non-hydrogen) atoms. The van der Waals surface area contributed by atoms with E-state index in [0.717, 1.165) is 21.9 Å². The van der Waals surface area contributed by atoms with Gasteiger partial charge in [-0.2, -0.15) is 18.4 Å². The molecule has 3 aliphatic rings. The first kappa shape index (κ1) is 45.2. The predicted molar refractivity (Wildman–Crippen MR) is 216 cm³/mol. The number of nitriles is 1. The molecule has 326 valence electrons. The number of anilines is 3. The monoisotopic (exact) mass is 881 g/mol. The second-order valence-electron chi connectivity index (χ2n) is 14.5. The number of halogens is 4. The van der Waals surface area contributed by atoms with Crippen molar-refractivity contribution < 1.29 is 60.5 Å². The number of carbonyl (C=O) groups excluding carboxylic acids is 6. The number of thiocarbonyl (C=S) groups is 1. The van der Waals surface area contributed by atoms with Crippen molar-refractivity contribution in [2.45, 2.75) is 44.4 Å². The third-order valence-corrected chi connectivity index (χ3v) is 10.5. The molecule has 0 bridgehead atoms. The molecular formula is C41H39F4N7O9S. The molecule has 0 aliphatic carbocycles. The van der Waals surface area contributed by atoms with Crippen LogP contribution in [0, 0.1) is 17.1 Å². The summed E-state index contributed by atoms with van der Waals surface area (Å²) in [5.74, 6) is -4.75. The summed E-state index contributed by atoms with van der Waals surface area (Å²) in [4.78, 5) is 79.3. The van der Waals surface area contributed by atoms with Crippen LogP contribution in [-0.2, 0) is 34.8 Å². The molecule has 0 radical (unpaired) electrons. The van der Waals surface area contributed by atoms with Crippen molar-refractivity contribution in [3.8, 4) is 6.07 Å².